The van der Waals surface area contributed by atoms with Gasteiger partial charge < -0.3 is 5.11 Å². The summed E-state index contributed by atoms with van der Waals surface area (Å²) in [6.07, 6.45) is 1.27. The van der Waals surface area contributed by atoms with E-state index >= 15 is 0 Å². The number of hydrogen-bond acceptors (Lipinski definition) is 2. The molecule has 2 unspecified atom stereocenters. The van der Waals surface area contributed by atoms with Gasteiger partial charge in [-0.15, -0.1) is 0 Å². The zero-order valence-corrected chi connectivity index (χ0v) is 13.2. The highest BCUT2D eigenvalue weighted by Gasteiger charge is 2.29. The van der Waals surface area contributed by atoms with E-state index in [0.29, 0.717) is 5.75 Å². The van der Waals surface area contributed by atoms with E-state index in [1.807, 2.05) is 24.3 Å². The molecule has 1 N–H and O–H groups in total. The van der Waals surface area contributed by atoms with Crippen molar-refractivity contribution in [1.82, 2.24) is 4.90 Å². The van der Waals surface area contributed by atoms with Crippen LogP contribution in [0, 0.1) is 11.8 Å². The maximum absolute atomic E-state index is 10.6. The summed E-state index contributed by atoms with van der Waals surface area (Å²) in [4.78, 5) is 2.51. The van der Waals surface area contributed by atoms with Gasteiger partial charge >= 0.3 is 0 Å². The molecule has 21 heavy (non-hydrogen) atoms. The van der Waals surface area contributed by atoms with Crippen LogP contribution in [0.1, 0.15) is 38.8 Å². The van der Waals surface area contributed by atoms with Gasteiger partial charge in [0.25, 0.3) is 0 Å². The molecule has 1 saturated heterocycles. The minimum absolute atomic E-state index is 0.276. The lowest BCUT2D eigenvalue weighted by atomic mass is 9.95. The molecule has 1 aliphatic heterocycles. The average molecular weight is 283 g/mol. The van der Waals surface area contributed by atoms with Crippen molar-refractivity contribution in [1.29, 1.82) is 0 Å². The third-order valence-electron chi connectivity index (χ3n) is 5.13. The minimum atomic E-state index is 0.276. The van der Waals surface area contributed by atoms with Gasteiger partial charge in [0, 0.05) is 23.5 Å². The average Bonchev–Trinajstić information content (AvgIpc) is 2.97. The van der Waals surface area contributed by atoms with E-state index in [-0.39, 0.29) is 6.04 Å². The van der Waals surface area contributed by atoms with Gasteiger partial charge in [0.05, 0.1) is 0 Å². The van der Waals surface area contributed by atoms with Gasteiger partial charge in [-0.3, -0.25) is 4.90 Å². The van der Waals surface area contributed by atoms with E-state index in [1.54, 1.807) is 0 Å². The number of rotatable bonds is 3. The molecule has 1 aliphatic rings. The molecule has 112 valence electrons. The minimum Gasteiger partial charge on any atom is -0.507 e. The Balaban J connectivity index is 1.88. The lowest BCUT2D eigenvalue weighted by molar-refractivity contribution is 0.238. The smallest absolute Gasteiger partial charge is 0.128 e. The van der Waals surface area contributed by atoms with Crippen molar-refractivity contribution in [3.05, 3.63) is 42.0 Å². The Labute approximate surface area is 127 Å². The fraction of sp³-hybridized carbons (Fsp3) is 0.474. The van der Waals surface area contributed by atoms with E-state index < -0.39 is 0 Å². The van der Waals surface area contributed by atoms with Crippen molar-refractivity contribution >= 4 is 10.8 Å². The molecule has 0 amide bonds. The first-order valence-corrected chi connectivity index (χ1v) is 8.02. The van der Waals surface area contributed by atoms with Crippen molar-refractivity contribution in [2.24, 2.45) is 11.8 Å². The summed E-state index contributed by atoms with van der Waals surface area (Å²) in [7, 11) is 0. The Morgan fingerprint density at radius 2 is 1.86 bits per heavy atom. The quantitative estimate of drug-likeness (QED) is 0.891. The first-order valence-electron chi connectivity index (χ1n) is 8.02. The molecule has 0 radical (unpaired) electrons. The lowest BCUT2D eigenvalue weighted by Gasteiger charge is -2.26. The molecular weight excluding hydrogens is 258 g/mol. The maximum Gasteiger partial charge on any atom is 0.128 e. The Morgan fingerprint density at radius 3 is 2.57 bits per heavy atom. The van der Waals surface area contributed by atoms with Crippen LogP contribution in [0.3, 0.4) is 0 Å². The van der Waals surface area contributed by atoms with Crippen LogP contribution >= 0.6 is 0 Å². The van der Waals surface area contributed by atoms with E-state index in [1.165, 1.54) is 6.42 Å². The first-order chi connectivity index (χ1) is 10.1. The van der Waals surface area contributed by atoms with Crippen LogP contribution in [0.2, 0.25) is 0 Å². The molecule has 3 rings (SSSR count). The molecule has 2 atom stereocenters. The fourth-order valence-electron chi connectivity index (χ4n) is 3.52. The van der Waals surface area contributed by atoms with Crippen LogP contribution in [0.15, 0.2) is 36.4 Å². The summed E-state index contributed by atoms with van der Waals surface area (Å²) < 4.78 is 0. The number of nitrogens with zero attached hydrogens (tertiary/aromatic N) is 1. The Bertz CT molecular complexity index is 634. The van der Waals surface area contributed by atoms with E-state index in [4.69, 9.17) is 0 Å². The molecule has 2 aromatic carbocycles. The van der Waals surface area contributed by atoms with E-state index in [2.05, 4.69) is 37.8 Å². The lowest BCUT2D eigenvalue weighted by Crippen LogP contribution is -2.25. The third-order valence-corrected chi connectivity index (χ3v) is 5.13. The normalized spacial score (nSPS) is 21.2. The van der Waals surface area contributed by atoms with Crippen LogP contribution in [0.4, 0.5) is 0 Å². The number of hydrogen-bond donors (Lipinski definition) is 1. The van der Waals surface area contributed by atoms with Crippen molar-refractivity contribution in [2.45, 2.75) is 33.2 Å². The van der Waals surface area contributed by atoms with E-state index in [0.717, 1.165) is 41.3 Å². The van der Waals surface area contributed by atoms with Gasteiger partial charge in [0.1, 0.15) is 5.75 Å². The summed E-state index contributed by atoms with van der Waals surface area (Å²) in [5.74, 6) is 1.98. The van der Waals surface area contributed by atoms with Crippen LogP contribution in [0.25, 0.3) is 10.8 Å². The van der Waals surface area contributed by atoms with Crippen LogP contribution in [-0.4, -0.2) is 23.1 Å². The summed E-state index contributed by atoms with van der Waals surface area (Å²) in [5, 5.41) is 12.7. The monoisotopic (exact) mass is 283 g/mol. The predicted octanol–water partition coefficient (Wildman–Crippen LogP) is 4.58. The van der Waals surface area contributed by atoms with Crippen LogP contribution in [0.5, 0.6) is 5.75 Å². The standard InChI is InChI=1S/C19H25NO/c1-13(2)16-10-11-20(12-16)14(3)17-9-8-15-6-4-5-7-18(15)19(17)21/h4-9,13-14,16,21H,10-12H2,1-3H3. The number of aromatic hydroxyl groups is 1. The molecule has 0 bridgehead atoms. The first kappa shape index (κ1) is 14.4. The third kappa shape index (κ3) is 2.65. The molecule has 1 heterocycles. The Hall–Kier alpha value is -1.54. The summed E-state index contributed by atoms with van der Waals surface area (Å²) in [6.45, 7) is 9.12. The van der Waals surface area contributed by atoms with Gasteiger partial charge in [-0.1, -0.05) is 50.2 Å². The summed E-state index contributed by atoms with van der Waals surface area (Å²) >= 11 is 0. The van der Waals surface area contributed by atoms with Crippen molar-refractivity contribution < 1.29 is 5.11 Å². The van der Waals surface area contributed by atoms with Gasteiger partial charge in [-0.2, -0.15) is 0 Å². The number of phenols is 1. The zero-order valence-electron chi connectivity index (χ0n) is 13.2. The molecule has 0 aliphatic carbocycles. The Morgan fingerprint density at radius 1 is 1.10 bits per heavy atom. The predicted molar refractivity (Wildman–Crippen MR) is 88.5 cm³/mol. The number of fused-ring (bicyclic) bond motifs is 1. The molecule has 2 heteroatoms. The highest BCUT2D eigenvalue weighted by atomic mass is 16.3. The number of phenolic OH excluding ortho intramolecular Hbond substituents is 1. The summed E-state index contributed by atoms with van der Waals surface area (Å²) in [5.41, 5.74) is 1.05. The summed E-state index contributed by atoms with van der Waals surface area (Å²) in [6, 6.07) is 12.5. The Kier molecular flexibility index (Phi) is 3.90. The second kappa shape index (κ2) is 5.69. The molecule has 0 saturated carbocycles. The van der Waals surface area contributed by atoms with E-state index in [9.17, 15) is 5.11 Å². The molecule has 1 fully saturated rings. The second-order valence-electron chi connectivity index (χ2n) is 6.69. The number of benzene rings is 2. The molecular formula is C19H25NO. The van der Waals surface area contributed by atoms with Gasteiger partial charge in [-0.25, -0.2) is 0 Å². The highest BCUT2D eigenvalue weighted by molar-refractivity contribution is 5.89. The molecule has 0 aromatic heterocycles. The molecule has 2 nitrogen and oxygen atoms in total. The number of likely N-dealkylation sites (tertiary alicyclic amines) is 1. The molecule has 0 spiro atoms. The molecule has 2 aromatic rings. The zero-order chi connectivity index (χ0) is 15.0. The van der Waals surface area contributed by atoms with Crippen molar-refractivity contribution in [3.63, 3.8) is 0 Å². The fourth-order valence-corrected chi connectivity index (χ4v) is 3.52. The SMILES string of the molecule is CC(C)C1CCN(C(C)c2ccc3ccccc3c2O)C1. The second-order valence-corrected chi connectivity index (χ2v) is 6.69. The maximum atomic E-state index is 10.6. The topological polar surface area (TPSA) is 23.5 Å². The van der Waals surface area contributed by atoms with Crippen molar-refractivity contribution in [3.8, 4) is 5.75 Å². The largest absolute Gasteiger partial charge is 0.507 e. The van der Waals surface area contributed by atoms with Gasteiger partial charge in [0.15, 0.2) is 0 Å². The van der Waals surface area contributed by atoms with Crippen LogP contribution in [-0.2, 0) is 0 Å². The highest BCUT2D eigenvalue weighted by Crippen LogP contribution is 2.37. The van der Waals surface area contributed by atoms with Crippen molar-refractivity contribution in [2.75, 3.05) is 13.1 Å². The van der Waals surface area contributed by atoms with Gasteiger partial charge in [-0.05, 0) is 37.1 Å². The van der Waals surface area contributed by atoms with Crippen LogP contribution < -0.4 is 0 Å². The van der Waals surface area contributed by atoms with Gasteiger partial charge in [0.2, 0.25) is 0 Å².